The fraction of sp³-hybridized carbons (Fsp3) is 0.0323. The summed E-state index contributed by atoms with van der Waals surface area (Å²) in [7, 11) is -4.31. The molecular weight excluding hydrogens is 528 g/mol. The molecule has 2 N–H and O–H groups in total. The largest absolute Gasteiger partial charge is 0.423 e. The van der Waals surface area contributed by atoms with E-state index in [0.29, 0.717) is 5.69 Å². The van der Waals surface area contributed by atoms with E-state index in [0.717, 1.165) is 16.3 Å². The van der Waals surface area contributed by atoms with Crippen molar-refractivity contribution in [1.29, 1.82) is 0 Å². The molecule has 0 heterocycles. The summed E-state index contributed by atoms with van der Waals surface area (Å²) < 4.78 is 37.0. The standard InChI is InChI=1S/C31H24N2O6S/c1-21-14-17-25(18-15-21)40(36,37)39-29-20-23(16-19-27(29)30(34)38-24-10-3-2-4-11-24)32-31(35)33-28-13-7-9-22-8-5-6-12-26(22)28/h2-20H,1H3,(H2,32,33,35). The molecule has 9 heteroatoms. The average molecular weight is 553 g/mol. The minimum atomic E-state index is -4.31. The third-order valence-electron chi connectivity index (χ3n) is 5.96. The molecule has 8 nitrogen and oxygen atoms in total. The number of benzene rings is 5. The molecule has 0 aliphatic carbocycles. The van der Waals surface area contributed by atoms with Crippen LogP contribution in [0.1, 0.15) is 15.9 Å². The lowest BCUT2D eigenvalue weighted by atomic mass is 10.1. The van der Waals surface area contributed by atoms with Gasteiger partial charge in [0.05, 0.1) is 5.69 Å². The first kappa shape index (κ1) is 26.5. The molecule has 0 aromatic heterocycles. The number of urea groups is 1. The summed E-state index contributed by atoms with van der Waals surface area (Å²) in [5, 5.41) is 7.28. The van der Waals surface area contributed by atoms with Gasteiger partial charge in [0.25, 0.3) is 0 Å². The van der Waals surface area contributed by atoms with Crippen LogP contribution in [0.4, 0.5) is 16.2 Å². The lowest BCUT2D eigenvalue weighted by Crippen LogP contribution is -2.20. The van der Waals surface area contributed by atoms with E-state index in [1.165, 1.54) is 30.3 Å². The van der Waals surface area contributed by atoms with Crippen molar-refractivity contribution >= 4 is 44.3 Å². The quantitative estimate of drug-likeness (QED) is 0.131. The lowest BCUT2D eigenvalue weighted by Gasteiger charge is -2.14. The number of aryl methyl sites for hydroxylation is 1. The van der Waals surface area contributed by atoms with Gasteiger partial charge in [-0.15, -0.1) is 0 Å². The van der Waals surface area contributed by atoms with Gasteiger partial charge in [0.1, 0.15) is 16.2 Å². The van der Waals surface area contributed by atoms with Crippen LogP contribution in [0.15, 0.2) is 120 Å². The van der Waals surface area contributed by atoms with Crippen molar-refractivity contribution < 1.29 is 26.9 Å². The number of fused-ring (bicyclic) bond motifs is 1. The van der Waals surface area contributed by atoms with Crippen molar-refractivity contribution in [2.24, 2.45) is 0 Å². The van der Waals surface area contributed by atoms with E-state index in [9.17, 15) is 18.0 Å². The van der Waals surface area contributed by atoms with Gasteiger partial charge in [-0.1, -0.05) is 72.3 Å². The molecule has 0 atom stereocenters. The highest BCUT2D eigenvalue weighted by Gasteiger charge is 2.23. The first-order valence-electron chi connectivity index (χ1n) is 12.3. The fourth-order valence-electron chi connectivity index (χ4n) is 3.98. The van der Waals surface area contributed by atoms with Gasteiger partial charge >= 0.3 is 22.1 Å². The molecule has 0 spiro atoms. The maximum Gasteiger partial charge on any atom is 0.347 e. The maximum atomic E-state index is 13.1. The minimum Gasteiger partial charge on any atom is -0.423 e. The predicted octanol–water partition coefficient (Wildman–Crippen LogP) is 6.78. The zero-order valence-corrected chi connectivity index (χ0v) is 22.1. The number of hydrogen-bond acceptors (Lipinski definition) is 6. The Morgan fingerprint density at radius 3 is 2.20 bits per heavy atom. The van der Waals surface area contributed by atoms with Crippen LogP contribution in [0.25, 0.3) is 10.8 Å². The third-order valence-corrected chi connectivity index (χ3v) is 7.21. The van der Waals surface area contributed by atoms with Crippen LogP contribution in [0.3, 0.4) is 0 Å². The Kier molecular flexibility index (Phi) is 7.48. The Morgan fingerprint density at radius 1 is 0.725 bits per heavy atom. The number of esters is 1. The third kappa shape index (κ3) is 6.11. The zero-order valence-electron chi connectivity index (χ0n) is 21.3. The second kappa shape index (κ2) is 11.3. The number of rotatable bonds is 7. The number of carbonyl (C=O) groups excluding carboxylic acids is 2. The normalized spacial score (nSPS) is 11.0. The van der Waals surface area contributed by atoms with Crippen molar-refractivity contribution in [2.45, 2.75) is 11.8 Å². The average Bonchev–Trinajstić information content (AvgIpc) is 2.94. The maximum absolute atomic E-state index is 13.1. The number of nitrogens with one attached hydrogen (secondary N) is 2. The molecule has 0 saturated heterocycles. The second-order valence-corrected chi connectivity index (χ2v) is 10.4. The number of amides is 2. The highest BCUT2D eigenvalue weighted by Crippen LogP contribution is 2.29. The Labute approximate surface area is 231 Å². The van der Waals surface area contributed by atoms with Crippen LogP contribution in [0.5, 0.6) is 11.5 Å². The molecule has 0 saturated carbocycles. The summed E-state index contributed by atoms with van der Waals surface area (Å²) >= 11 is 0. The molecule has 0 unspecified atom stereocenters. The van der Waals surface area contributed by atoms with Gasteiger partial charge in [0.15, 0.2) is 5.75 Å². The molecule has 0 aliphatic heterocycles. The van der Waals surface area contributed by atoms with Crippen molar-refractivity contribution in [3.05, 3.63) is 126 Å². The minimum absolute atomic E-state index is 0.0902. The van der Waals surface area contributed by atoms with E-state index in [1.54, 1.807) is 48.5 Å². The molecule has 0 fully saturated rings. The highest BCUT2D eigenvalue weighted by atomic mass is 32.2. The molecule has 40 heavy (non-hydrogen) atoms. The second-order valence-electron chi connectivity index (χ2n) is 8.87. The van der Waals surface area contributed by atoms with Crippen LogP contribution in [0.2, 0.25) is 0 Å². The lowest BCUT2D eigenvalue weighted by molar-refractivity contribution is 0.0733. The summed E-state index contributed by atoms with van der Waals surface area (Å²) in [6, 6.07) is 31.0. The van der Waals surface area contributed by atoms with E-state index in [4.69, 9.17) is 8.92 Å². The van der Waals surface area contributed by atoms with Gasteiger partial charge in [0, 0.05) is 17.1 Å². The highest BCUT2D eigenvalue weighted by molar-refractivity contribution is 7.87. The molecule has 0 aliphatic rings. The number of para-hydroxylation sites is 1. The SMILES string of the molecule is Cc1ccc(S(=O)(=O)Oc2cc(NC(=O)Nc3cccc4ccccc34)ccc2C(=O)Oc2ccccc2)cc1. The monoisotopic (exact) mass is 552 g/mol. The van der Waals surface area contributed by atoms with E-state index < -0.39 is 22.1 Å². The molecule has 0 bridgehead atoms. The fourth-order valence-corrected chi connectivity index (χ4v) is 4.92. The first-order chi connectivity index (χ1) is 19.3. The number of carbonyl (C=O) groups is 2. The number of ether oxygens (including phenoxy) is 1. The summed E-state index contributed by atoms with van der Waals surface area (Å²) in [6.07, 6.45) is 0. The van der Waals surface area contributed by atoms with Crippen molar-refractivity contribution in [1.82, 2.24) is 0 Å². The molecule has 200 valence electrons. The molecule has 5 aromatic carbocycles. The van der Waals surface area contributed by atoms with Gasteiger partial charge in [0.2, 0.25) is 0 Å². The summed E-state index contributed by atoms with van der Waals surface area (Å²) in [5.41, 5.74) is 1.52. The molecule has 2 amide bonds. The van der Waals surface area contributed by atoms with Gasteiger partial charge in [-0.3, -0.25) is 0 Å². The van der Waals surface area contributed by atoms with Crippen molar-refractivity contribution in [2.75, 3.05) is 10.6 Å². The predicted molar refractivity (Wildman–Crippen MR) is 153 cm³/mol. The van der Waals surface area contributed by atoms with Gasteiger partial charge < -0.3 is 19.6 Å². The molecule has 5 aromatic rings. The summed E-state index contributed by atoms with van der Waals surface area (Å²) in [6.45, 7) is 1.83. The van der Waals surface area contributed by atoms with Crippen LogP contribution in [0, 0.1) is 6.92 Å². The van der Waals surface area contributed by atoms with Crippen LogP contribution in [-0.4, -0.2) is 20.4 Å². The van der Waals surface area contributed by atoms with Crippen LogP contribution >= 0.6 is 0 Å². The van der Waals surface area contributed by atoms with E-state index in [1.807, 2.05) is 43.3 Å². The zero-order chi connectivity index (χ0) is 28.1. The summed E-state index contributed by atoms with van der Waals surface area (Å²) in [5.74, 6) is -0.854. The molecule has 5 rings (SSSR count). The number of hydrogen-bond donors (Lipinski definition) is 2. The van der Waals surface area contributed by atoms with E-state index in [-0.39, 0.29) is 27.6 Å². The van der Waals surface area contributed by atoms with Crippen LogP contribution in [-0.2, 0) is 10.1 Å². The van der Waals surface area contributed by atoms with Crippen molar-refractivity contribution in [3.63, 3.8) is 0 Å². The Balaban J connectivity index is 1.43. The Morgan fingerprint density at radius 2 is 1.43 bits per heavy atom. The Bertz CT molecular complexity index is 1800. The summed E-state index contributed by atoms with van der Waals surface area (Å²) in [4.78, 5) is 25.8. The van der Waals surface area contributed by atoms with Crippen LogP contribution < -0.4 is 19.6 Å². The number of anilines is 2. The molecule has 0 radical (unpaired) electrons. The van der Waals surface area contributed by atoms with Gasteiger partial charge in [-0.25, -0.2) is 9.59 Å². The van der Waals surface area contributed by atoms with E-state index >= 15 is 0 Å². The van der Waals surface area contributed by atoms with Gasteiger partial charge in [-0.05, 0) is 54.8 Å². The smallest absolute Gasteiger partial charge is 0.347 e. The Hall–Kier alpha value is -5.15. The van der Waals surface area contributed by atoms with E-state index in [2.05, 4.69) is 10.6 Å². The first-order valence-corrected chi connectivity index (χ1v) is 13.7. The van der Waals surface area contributed by atoms with Gasteiger partial charge in [-0.2, -0.15) is 8.42 Å². The molecular formula is C31H24N2O6S. The topological polar surface area (TPSA) is 111 Å². The van der Waals surface area contributed by atoms with Crippen molar-refractivity contribution in [3.8, 4) is 11.5 Å².